The molecular formula is C18H32N2O5Si. The molecule has 3 atom stereocenters. The number of ether oxygens (including phenoxy) is 1. The number of carbonyl (C=O) groups is 2. The van der Waals surface area contributed by atoms with Crippen molar-refractivity contribution >= 4 is 20.4 Å². The summed E-state index contributed by atoms with van der Waals surface area (Å²) >= 11 is 0. The van der Waals surface area contributed by atoms with Crippen molar-refractivity contribution in [3.8, 4) is 6.07 Å². The first-order chi connectivity index (χ1) is 11.9. The first-order valence-electron chi connectivity index (χ1n) is 9.12. The van der Waals surface area contributed by atoms with Gasteiger partial charge < -0.3 is 19.2 Å². The second-order valence-corrected chi connectivity index (χ2v) is 13.1. The number of likely N-dealkylation sites (tertiary alicyclic amines) is 1. The first-order valence-corrected chi connectivity index (χ1v) is 12.0. The number of nitriles is 1. The summed E-state index contributed by atoms with van der Waals surface area (Å²) in [5.74, 6) is -0.782. The fraction of sp³-hybridized carbons (Fsp3) is 0.833. The van der Waals surface area contributed by atoms with Gasteiger partial charge in [-0.3, -0.25) is 4.79 Å². The molecule has 0 aromatic rings. The molecule has 0 aliphatic carbocycles. The second-order valence-electron chi connectivity index (χ2n) is 8.37. The lowest BCUT2D eigenvalue weighted by molar-refractivity contribution is -0.144. The van der Waals surface area contributed by atoms with Crippen LogP contribution in [0.3, 0.4) is 0 Å². The van der Waals surface area contributed by atoms with Gasteiger partial charge in [0.25, 0.3) is 0 Å². The normalized spacial score (nSPS) is 22.0. The molecule has 0 aromatic carbocycles. The van der Waals surface area contributed by atoms with Crippen molar-refractivity contribution in [3.63, 3.8) is 0 Å². The summed E-state index contributed by atoms with van der Waals surface area (Å²) < 4.78 is 11.4. The quantitative estimate of drug-likeness (QED) is 0.531. The molecule has 1 saturated heterocycles. The molecule has 1 rings (SSSR count). The van der Waals surface area contributed by atoms with Gasteiger partial charge in [0.15, 0.2) is 8.32 Å². The molecular weight excluding hydrogens is 352 g/mol. The molecule has 0 aromatic heterocycles. The predicted molar refractivity (Wildman–Crippen MR) is 100 cm³/mol. The van der Waals surface area contributed by atoms with Gasteiger partial charge in [0, 0.05) is 24.9 Å². The van der Waals surface area contributed by atoms with E-state index in [0.29, 0.717) is 6.42 Å². The minimum Gasteiger partial charge on any atom is -0.466 e. The van der Waals surface area contributed by atoms with Crippen LogP contribution in [0, 0.1) is 17.2 Å². The van der Waals surface area contributed by atoms with E-state index < -0.39 is 26.4 Å². The third kappa shape index (κ3) is 5.71. The smallest absolute Gasteiger partial charge is 0.407 e. The van der Waals surface area contributed by atoms with Crippen LogP contribution in [0.25, 0.3) is 0 Å². The molecule has 1 aliphatic rings. The van der Waals surface area contributed by atoms with E-state index in [2.05, 4.69) is 39.9 Å². The van der Waals surface area contributed by atoms with Gasteiger partial charge in [0.05, 0.1) is 25.2 Å². The van der Waals surface area contributed by atoms with Gasteiger partial charge in [-0.25, -0.2) is 4.79 Å². The largest absolute Gasteiger partial charge is 0.466 e. The number of nitrogens with zero attached hydrogens (tertiary/aromatic N) is 2. The Bertz CT molecular complexity index is 553. The third-order valence-corrected chi connectivity index (χ3v) is 9.98. The highest BCUT2D eigenvalue weighted by molar-refractivity contribution is 6.74. The molecule has 7 nitrogen and oxygen atoms in total. The molecule has 26 heavy (non-hydrogen) atoms. The van der Waals surface area contributed by atoms with E-state index in [9.17, 15) is 14.7 Å². The minimum atomic E-state index is -2.04. The molecule has 1 N–H and O–H groups in total. The van der Waals surface area contributed by atoms with E-state index >= 15 is 0 Å². The van der Waals surface area contributed by atoms with Gasteiger partial charge in [0.2, 0.25) is 0 Å². The Morgan fingerprint density at radius 3 is 2.46 bits per heavy atom. The van der Waals surface area contributed by atoms with Crippen molar-refractivity contribution in [1.82, 2.24) is 4.90 Å². The molecule has 0 bridgehead atoms. The Morgan fingerprint density at radius 1 is 1.38 bits per heavy atom. The second kappa shape index (κ2) is 8.87. The zero-order valence-electron chi connectivity index (χ0n) is 16.7. The molecule has 1 aliphatic heterocycles. The van der Waals surface area contributed by atoms with Crippen molar-refractivity contribution in [2.45, 2.75) is 77.2 Å². The van der Waals surface area contributed by atoms with Crippen LogP contribution in [0.15, 0.2) is 0 Å². The van der Waals surface area contributed by atoms with Crippen LogP contribution >= 0.6 is 0 Å². The highest BCUT2D eigenvalue weighted by atomic mass is 28.4. The molecule has 1 heterocycles. The monoisotopic (exact) mass is 384 g/mol. The highest BCUT2D eigenvalue weighted by Crippen LogP contribution is 2.40. The van der Waals surface area contributed by atoms with Gasteiger partial charge in [-0.1, -0.05) is 20.8 Å². The fourth-order valence-electron chi connectivity index (χ4n) is 3.07. The maximum Gasteiger partial charge on any atom is 0.407 e. The lowest BCUT2D eigenvalue weighted by Crippen LogP contribution is -2.44. The minimum absolute atomic E-state index is 0.0239. The zero-order chi connectivity index (χ0) is 20.1. The van der Waals surface area contributed by atoms with Crippen LogP contribution in [-0.4, -0.2) is 55.7 Å². The number of carbonyl (C=O) groups excluding carboxylic acids is 1. The number of carboxylic acid groups (broad SMARTS) is 1. The summed E-state index contributed by atoms with van der Waals surface area (Å²) in [7, 11) is -2.04. The average Bonchev–Trinajstić information content (AvgIpc) is 2.89. The number of esters is 1. The van der Waals surface area contributed by atoms with Crippen molar-refractivity contribution < 1.29 is 23.9 Å². The molecule has 8 heteroatoms. The van der Waals surface area contributed by atoms with Crippen molar-refractivity contribution in [1.29, 1.82) is 5.26 Å². The Labute approximate surface area is 157 Å². The molecule has 1 fully saturated rings. The summed E-state index contributed by atoms with van der Waals surface area (Å²) in [5.41, 5.74) is 0. The lowest BCUT2D eigenvalue weighted by atomic mass is 9.91. The molecule has 0 spiro atoms. The van der Waals surface area contributed by atoms with Gasteiger partial charge in [-0.05, 0) is 31.5 Å². The summed E-state index contributed by atoms with van der Waals surface area (Å²) in [6, 6.07) is 1.67. The Balaban J connectivity index is 2.95. The predicted octanol–water partition coefficient (Wildman–Crippen LogP) is 3.61. The summed E-state index contributed by atoms with van der Waals surface area (Å²) in [5, 5.41) is 18.8. The van der Waals surface area contributed by atoms with Crippen LogP contribution in [0.5, 0.6) is 0 Å². The molecule has 0 radical (unpaired) electrons. The standard InChI is InChI=1S/C18H32N2O5Si/c1-7-24-16(21)10-13(8-9-19)15-11-14(12-20(15)17(22)23)25-26(5,6)18(2,3)4/h13-15H,7-8,10-12H2,1-6H3,(H,22,23)/t13?,14-,15?/m1/s1. The van der Waals surface area contributed by atoms with Gasteiger partial charge in [0.1, 0.15) is 0 Å². The van der Waals surface area contributed by atoms with Crippen LogP contribution in [0.4, 0.5) is 4.79 Å². The maximum atomic E-state index is 11.9. The van der Waals surface area contributed by atoms with Gasteiger partial charge >= 0.3 is 12.1 Å². The van der Waals surface area contributed by atoms with E-state index in [1.807, 2.05) is 0 Å². The van der Waals surface area contributed by atoms with Crippen molar-refractivity contribution in [2.24, 2.45) is 5.92 Å². The Kier molecular flexibility index (Phi) is 7.65. The number of amides is 1. The third-order valence-electron chi connectivity index (χ3n) is 5.45. The van der Waals surface area contributed by atoms with Crippen LogP contribution in [0.2, 0.25) is 18.1 Å². The van der Waals surface area contributed by atoms with E-state index in [0.717, 1.165) is 0 Å². The van der Waals surface area contributed by atoms with Crippen molar-refractivity contribution in [2.75, 3.05) is 13.2 Å². The lowest BCUT2D eigenvalue weighted by Gasteiger charge is -2.38. The van der Waals surface area contributed by atoms with Gasteiger partial charge in [-0.15, -0.1) is 0 Å². The molecule has 2 unspecified atom stereocenters. The fourth-order valence-corrected chi connectivity index (χ4v) is 4.42. The Morgan fingerprint density at radius 2 is 2.00 bits per heavy atom. The molecule has 148 valence electrons. The number of rotatable bonds is 7. The van der Waals surface area contributed by atoms with E-state index in [4.69, 9.17) is 14.4 Å². The summed E-state index contributed by atoms with van der Waals surface area (Å²) in [4.78, 5) is 24.9. The summed E-state index contributed by atoms with van der Waals surface area (Å²) in [6.07, 6.45) is -0.587. The number of hydrogen-bond acceptors (Lipinski definition) is 5. The van der Waals surface area contributed by atoms with Crippen LogP contribution in [-0.2, 0) is 14.0 Å². The van der Waals surface area contributed by atoms with Gasteiger partial charge in [-0.2, -0.15) is 5.26 Å². The zero-order valence-corrected chi connectivity index (χ0v) is 17.7. The Hall–Kier alpha value is -1.59. The SMILES string of the molecule is CCOC(=O)CC(CC#N)C1C[C@@H](O[Si](C)(C)C(C)(C)C)CN1C(=O)O. The first kappa shape index (κ1) is 22.4. The van der Waals surface area contributed by atoms with E-state index in [-0.39, 0.29) is 43.1 Å². The maximum absolute atomic E-state index is 11.9. The topological polar surface area (TPSA) is 99.9 Å². The van der Waals surface area contributed by atoms with Crippen molar-refractivity contribution in [3.05, 3.63) is 0 Å². The van der Waals surface area contributed by atoms with E-state index in [1.165, 1.54) is 4.90 Å². The van der Waals surface area contributed by atoms with Crippen LogP contribution < -0.4 is 0 Å². The highest BCUT2D eigenvalue weighted by Gasteiger charge is 2.45. The molecule has 0 saturated carbocycles. The van der Waals surface area contributed by atoms with Crippen LogP contribution in [0.1, 0.15) is 47.0 Å². The van der Waals surface area contributed by atoms with E-state index in [1.54, 1.807) is 6.92 Å². The molecule has 1 amide bonds. The summed E-state index contributed by atoms with van der Waals surface area (Å²) in [6.45, 7) is 13.0. The number of hydrogen-bond donors (Lipinski definition) is 1. The average molecular weight is 385 g/mol.